The summed E-state index contributed by atoms with van der Waals surface area (Å²) in [5.74, 6) is -0.254. The van der Waals surface area contributed by atoms with Crippen LogP contribution in [0.4, 0.5) is 10.1 Å². The van der Waals surface area contributed by atoms with Crippen LogP contribution in [0.2, 0.25) is 0 Å². The molecule has 0 aliphatic rings. The first-order valence-electron chi connectivity index (χ1n) is 4.82. The van der Waals surface area contributed by atoms with Crippen molar-refractivity contribution in [3.8, 4) is 0 Å². The Balaban J connectivity index is 2.35. The normalized spacial score (nSPS) is 10.4. The van der Waals surface area contributed by atoms with Crippen molar-refractivity contribution >= 4 is 17.4 Å². The Kier molecular flexibility index (Phi) is 3.10. The van der Waals surface area contributed by atoms with Crippen LogP contribution in [0.1, 0.15) is 5.56 Å². The van der Waals surface area contributed by atoms with Crippen LogP contribution >= 0.6 is 11.8 Å². The van der Waals surface area contributed by atoms with E-state index in [1.165, 1.54) is 17.8 Å². The lowest BCUT2D eigenvalue weighted by molar-refractivity contribution is 0.602. The van der Waals surface area contributed by atoms with Crippen molar-refractivity contribution in [3.63, 3.8) is 0 Å². The molecule has 2 N–H and O–H groups in total. The molecule has 1 aromatic carbocycles. The minimum Gasteiger partial charge on any atom is -0.396 e. The highest BCUT2D eigenvalue weighted by molar-refractivity contribution is 7.99. The van der Waals surface area contributed by atoms with Crippen molar-refractivity contribution < 1.29 is 4.39 Å². The summed E-state index contributed by atoms with van der Waals surface area (Å²) in [7, 11) is 0. The maximum atomic E-state index is 13.4. The first-order valence-corrected chi connectivity index (χ1v) is 5.63. The summed E-state index contributed by atoms with van der Waals surface area (Å²) < 4.78 is 13.4. The number of nitrogen functional groups attached to an aromatic ring is 1. The van der Waals surface area contributed by atoms with Crippen LogP contribution in [0.3, 0.4) is 0 Å². The maximum absolute atomic E-state index is 13.4. The molecular formula is C12H11FN2S. The fraction of sp³-hybridized carbons (Fsp3) is 0.0833. The number of nitrogens with two attached hydrogens (primary N) is 1. The zero-order valence-electron chi connectivity index (χ0n) is 8.77. The molecule has 0 fully saturated rings. The molecule has 0 unspecified atom stereocenters. The standard InChI is InChI=1S/C12H11FN2S/c1-8-6-7-15-12(11(8)14)16-10-5-3-2-4-9(10)13/h2-7H,14H2,1H3. The van der Waals surface area contributed by atoms with Crippen molar-refractivity contribution in [1.29, 1.82) is 0 Å². The second-order valence-electron chi connectivity index (χ2n) is 3.38. The molecule has 1 heterocycles. The molecule has 2 aromatic rings. The molecule has 2 nitrogen and oxygen atoms in total. The van der Waals surface area contributed by atoms with E-state index < -0.39 is 0 Å². The summed E-state index contributed by atoms with van der Waals surface area (Å²) in [5, 5.41) is 0.644. The van der Waals surface area contributed by atoms with Crippen molar-refractivity contribution in [1.82, 2.24) is 4.98 Å². The average Bonchev–Trinajstić information content (AvgIpc) is 2.28. The lowest BCUT2D eigenvalue weighted by atomic mass is 10.3. The van der Waals surface area contributed by atoms with Crippen LogP contribution in [0, 0.1) is 12.7 Å². The number of aryl methyl sites for hydroxylation is 1. The smallest absolute Gasteiger partial charge is 0.137 e. The maximum Gasteiger partial charge on any atom is 0.137 e. The highest BCUT2D eigenvalue weighted by atomic mass is 32.2. The number of benzene rings is 1. The van der Waals surface area contributed by atoms with E-state index in [1.807, 2.05) is 13.0 Å². The predicted molar refractivity (Wildman–Crippen MR) is 63.9 cm³/mol. The number of nitrogens with zero attached hydrogens (tertiary/aromatic N) is 1. The van der Waals surface area contributed by atoms with Gasteiger partial charge in [-0.05, 0) is 30.7 Å². The van der Waals surface area contributed by atoms with Crippen LogP contribution in [0.5, 0.6) is 0 Å². The van der Waals surface area contributed by atoms with Gasteiger partial charge in [0, 0.05) is 11.1 Å². The second-order valence-corrected chi connectivity index (χ2v) is 4.41. The Morgan fingerprint density at radius 1 is 1.25 bits per heavy atom. The molecule has 0 atom stereocenters. The van der Waals surface area contributed by atoms with Gasteiger partial charge in [-0.2, -0.15) is 0 Å². The van der Waals surface area contributed by atoms with Gasteiger partial charge in [-0.1, -0.05) is 23.9 Å². The zero-order valence-corrected chi connectivity index (χ0v) is 9.59. The first-order chi connectivity index (χ1) is 7.68. The van der Waals surface area contributed by atoms with Crippen LogP contribution in [-0.4, -0.2) is 4.98 Å². The summed E-state index contributed by atoms with van der Waals surface area (Å²) in [5.41, 5.74) is 7.43. The summed E-state index contributed by atoms with van der Waals surface area (Å²) in [6.45, 7) is 1.91. The largest absolute Gasteiger partial charge is 0.396 e. The monoisotopic (exact) mass is 234 g/mol. The van der Waals surface area contributed by atoms with E-state index in [1.54, 1.807) is 24.4 Å². The van der Waals surface area contributed by atoms with E-state index >= 15 is 0 Å². The molecule has 0 aliphatic heterocycles. The summed E-state index contributed by atoms with van der Waals surface area (Å²) in [6.07, 6.45) is 1.68. The van der Waals surface area contributed by atoms with Crippen LogP contribution in [-0.2, 0) is 0 Å². The third kappa shape index (κ3) is 2.17. The molecule has 0 saturated heterocycles. The van der Waals surface area contributed by atoms with Gasteiger partial charge in [0.25, 0.3) is 0 Å². The van der Waals surface area contributed by atoms with Gasteiger partial charge in [-0.25, -0.2) is 9.37 Å². The lowest BCUT2D eigenvalue weighted by Gasteiger charge is -2.06. The van der Waals surface area contributed by atoms with E-state index in [0.717, 1.165) is 5.56 Å². The number of pyridine rings is 1. The fourth-order valence-electron chi connectivity index (χ4n) is 1.26. The first kappa shape index (κ1) is 11.0. The Labute approximate surface area is 97.7 Å². The highest BCUT2D eigenvalue weighted by Gasteiger charge is 2.08. The molecule has 0 spiro atoms. The number of hydrogen-bond acceptors (Lipinski definition) is 3. The van der Waals surface area contributed by atoms with Gasteiger partial charge in [0.2, 0.25) is 0 Å². The highest BCUT2D eigenvalue weighted by Crippen LogP contribution is 2.32. The van der Waals surface area contributed by atoms with E-state index in [2.05, 4.69) is 4.98 Å². The third-order valence-electron chi connectivity index (χ3n) is 2.21. The van der Waals surface area contributed by atoms with Gasteiger partial charge >= 0.3 is 0 Å². The molecular weight excluding hydrogens is 223 g/mol. The van der Waals surface area contributed by atoms with Gasteiger partial charge < -0.3 is 5.73 Å². The summed E-state index contributed by atoms with van der Waals surface area (Å²) >= 11 is 1.24. The Morgan fingerprint density at radius 3 is 2.75 bits per heavy atom. The quantitative estimate of drug-likeness (QED) is 0.866. The average molecular weight is 234 g/mol. The van der Waals surface area contributed by atoms with Gasteiger partial charge in [-0.15, -0.1) is 0 Å². The Hall–Kier alpha value is -1.55. The van der Waals surface area contributed by atoms with E-state index in [0.29, 0.717) is 15.6 Å². The number of hydrogen-bond donors (Lipinski definition) is 1. The molecule has 2 rings (SSSR count). The van der Waals surface area contributed by atoms with Gasteiger partial charge in [-0.3, -0.25) is 0 Å². The van der Waals surface area contributed by atoms with Crippen molar-refractivity contribution in [2.45, 2.75) is 16.8 Å². The van der Waals surface area contributed by atoms with Gasteiger partial charge in [0.05, 0.1) is 5.69 Å². The van der Waals surface area contributed by atoms with Crippen molar-refractivity contribution in [2.24, 2.45) is 0 Å². The molecule has 1 aromatic heterocycles. The molecule has 16 heavy (non-hydrogen) atoms. The topological polar surface area (TPSA) is 38.9 Å². The fourth-order valence-corrected chi connectivity index (χ4v) is 2.16. The van der Waals surface area contributed by atoms with Crippen LogP contribution < -0.4 is 5.73 Å². The molecule has 82 valence electrons. The van der Waals surface area contributed by atoms with Gasteiger partial charge in [0.15, 0.2) is 0 Å². The molecule has 0 saturated carbocycles. The Morgan fingerprint density at radius 2 is 2.00 bits per heavy atom. The van der Waals surface area contributed by atoms with Crippen molar-refractivity contribution in [3.05, 3.63) is 47.9 Å². The number of rotatable bonds is 2. The zero-order chi connectivity index (χ0) is 11.5. The number of anilines is 1. The summed E-state index contributed by atoms with van der Waals surface area (Å²) in [6, 6.07) is 8.42. The SMILES string of the molecule is Cc1ccnc(Sc2ccccc2F)c1N. The molecule has 0 amide bonds. The minimum atomic E-state index is -0.254. The Bertz CT molecular complexity index is 514. The third-order valence-corrected chi connectivity index (χ3v) is 3.28. The lowest BCUT2D eigenvalue weighted by Crippen LogP contribution is -1.95. The molecule has 4 heteroatoms. The van der Waals surface area contributed by atoms with E-state index in [9.17, 15) is 4.39 Å². The van der Waals surface area contributed by atoms with Crippen LogP contribution in [0.15, 0.2) is 46.5 Å². The molecule has 0 radical (unpaired) electrons. The van der Waals surface area contributed by atoms with E-state index in [4.69, 9.17) is 5.73 Å². The molecule has 0 aliphatic carbocycles. The van der Waals surface area contributed by atoms with E-state index in [-0.39, 0.29) is 5.82 Å². The second kappa shape index (κ2) is 4.53. The number of aromatic nitrogens is 1. The van der Waals surface area contributed by atoms with Gasteiger partial charge in [0.1, 0.15) is 10.8 Å². The van der Waals surface area contributed by atoms with Crippen LogP contribution in [0.25, 0.3) is 0 Å². The number of halogens is 1. The molecule has 0 bridgehead atoms. The minimum absolute atomic E-state index is 0.254. The van der Waals surface area contributed by atoms with Crippen molar-refractivity contribution in [2.75, 3.05) is 5.73 Å². The summed E-state index contributed by atoms with van der Waals surface area (Å²) in [4.78, 5) is 4.68. The predicted octanol–water partition coefficient (Wildman–Crippen LogP) is 3.26.